The van der Waals surface area contributed by atoms with Crippen molar-refractivity contribution in [3.05, 3.63) is 49.8 Å². The Morgan fingerprint density at radius 1 is 1.33 bits per heavy atom. The highest BCUT2D eigenvalue weighted by molar-refractivity contribution is 7.15. The van der Waals surface area contributed by atoms with Crippen molar-refractivity contribution < 1.29 is 9.18 Å². The monoisotopic (exact) mass is 426 g/mol. The number of pyridine rings is 1. The van der Waals surface area contributed by atoms with Crippen molar-refractivity contribution in [3.63, 3.8) is 0 Å². The number of aromatic nitrogens is 2. The molecule has 2 N–H and O–H groups in total. The largest absolute Gasteiger partial charge is 0.320 e. The van der Waals surface area contributed by atoms with Crippen molar-refractivity contribution in [2.75, 3.05) is 18.4 Å². The summed E-state index contributed by atoms with van der Waals surface area (Å²) in [6.07, 6.45) is 5.23. The number of aryl methyl sites for hydroxylation is 1. The summed E-state index contributed by atoms with van der Waals surface area (Å²) in [5, 5.41) is 6.73. The molecular weight excluding hydrogens is 410 g/mol. The Morgan fingerprint density at radius 2 is 2.07 bits per heavy atom. The van der Waals surface area contributed by atoms with Gasteiger partial charge >= 0.3 is 0 Å². The molecule has 1 fully saturated rings. The molecular formula is C18H17Cl2FN4OS. The molecule has 0 aromatic carbocycles. The number of thiophene rings is 1. The number of hydrogen-bond acceptors (Lipinski definition) is 4. The molecule has 4 heterocycles. The molecule has 142 valence electrons. The van der Waals surface area contributed by atoms with E-state index in [0.717, 1.165) is 30.8 Å². The van der Waals surface area contributed by atoms with Crippen molar-refractivity contribution >= 4 is 51.8 Å². The molecule has 0 unspecified atom stereocenters. The Bertz CT molecular complexity index is 1030. The van der Waals surface area contributed by atoms with Crippen LogP contribution in [0, 0.1) is 12.7 Å². The van der Waals surface area contributed by atoms with Crippen molar-refractivity contribution in [1.82, 2.24) is 14.7 Å². The summed E-state index contributed by atoms with van der Waals surface area (Å²) in [6, 6.07) is 1.25. The fraction of sp³-hybridized carbons (Fsp3) is 0.333. The van der Waals surface area contributed by atoms with E-state index in [-0.39, 0.29) is 10.7 Å². The highest BCUT2D eigenvalue weighted by atomic mass is 35.5. The zero-order chi connectivity index (χ0) is 19.1. The van der Waals surface area contributed by atoms with Gasteiger partial charge in [-0.15, -0.1) is 11.3 Å². The molecule has 9 heteroatoms. The van der Waals surface area contributed by atoms with Gasteiger partial charge in [0.15, 0.2) is 11.5 Å². The van der Waals surface area contributed by atoms with Gasteiger partial charge in [-0.05, 0) is 38.8 Å². The first-order chi connectivity index (χ1) is 12.9. The van der Waals surface area contributed by atoms with Gasteiger partial charge in [-0.3, -0.25) is 4.79 Å². The summed E-state index contributed by atoms with van der Waals surface area (Å²) in [4.78, 5) is 18.1. The van der Waals surface area contributed by atoms with Gasteiger partial charge in [0.2, 0.25) is 0 Å². The fourth-order valence-electron chi connectivity index (χ4n) is 3.34. The average Bonchev–Trinajstić information content (AvgIpc) is 3.16. The van der Waals surface area contributed by atoms with E-state index >= 15 is 0 Å². The molecule has 1 amide bonds. The minimum Gasteiger partial charge on any atom is -0.320 e. The quantitative estimate of drug-likeness (QED) is 0.627. The molecule has 0 spiro atoms. The maximum absolute atomic E-state index is 14.2. The number of carbonyl (C=O) groups is 1. The number of amides is 1. The molecule has 3 aromatic rings. The lowest BCUT2D eigenvalue weighted by atomic mass is 9.96. The zero-order valence-corrected chi connectivity index (χ0v) is 16.8. The van der Waals surface area contributed by atoms with Crippen molar-refractivity contribution in [2.45, 2.75) is 25.7 Å². The van der Waals surface area contributed by atoms with Crippen LogP contribution in [0.5, 0.6) is 0 Å². The molecule has 4 rings (SSSR count). The Kier molecular flexibility index (Phi) is 5.11. The highest BCUT2D eigenvalue weighted by Crippen LogP contribution is 2.43. The van der Waals surface area contributed by atoms with Crippen molar-refractivity contribution in [2.24, 2.45) is 0 Å². The molecule has 0 saturated carbocycles. The lowest BCUT2D eigenvalue weighted by Gasteiger charge is -2.21. The van der Waals surface area contributed by atoms with Gasteiger partial charge in [-0.1, -0.05) is 23.2 Å². The number of anilines is 1. The number of carbonyl (C=O) groups excluding carboxylic acids is 1. The third kappa shape index (κ3) is 3.57. The molecule has 1 aliphatic heterocycles. The zero-order valence-electron chi connectivity index (χ0n) is 14.5. The van der Waals surface area contributed by atoms with E-state index in [9.17, 15) is 9.18 Å². The smallest absolute Gasteiger partial charge is 0.267 e. The average molecular weight is 427 g/mol. The van der Waals surface area contributed by atoms with E-state index in [1.807, 2.05) is 0 Å². The summed E-state index contributed by atoms with van der Waals surface area (Å²) in [5.74, 6) is -0.611. The number of rotatable bonds is 3. The first-order valence-corrected chi connectivity index (χ1v) is 10.2. The maximum Gasteiger partial charge on any atom is 0.267 e. The van der Waals surface area contributed by atoms with Crippen LogP contribution in [0.2, 0.25) is 10.0 Å². The minimum atomic E-state index is -0.508. The number of imidazole rings is 1. The number of nitrogens with zero attached hydrogens (tertiary/aromatic N) is 2. The second-order valence-corrected chi connectivity index (χ2v) is 8.40. The second kappa shape index (κ2) is 7.39. The number of fused-ring (bicyclic) bond motifs is 1. The molecule has 1 aliphatic rings. The van der Waals surface area contributed by atoms with Gasteiger partial charge in [0.1, 0.15) is 4.88 Å². The van der Waals surface area contributed by atoms with E-state index in [1.165, 1.54) is 17.4 Å². The molecule has 5 nitrogen and oxygen atoms in total. The molecule has 0 atom stereocenters. The Morgan fingerprint density at radius 3 is 2.81 bits per heavy atom. The van der Waals surface area contributed by atoms with E-state index in [1.54, 1.807) is 23.7 Å². The first-order valence-electron chi connectivity index (χ1n) is 8.58. The van der Waals surface area contributed by atoms with Crippen LogP contribution in [-0.4, -0.2) is 28.4 Å². The van der Waals surface area contributed by atoms with Gasteiger partial charge in [0, 0.05) is 23.3 Å². The van der Waals surface area contributed by atoms with Gasteiger partial charge in [-0.2, -0.15) is 0 Å². The highest BCUT2D eigenvalue weighted by Gasteiger charge is 2.26. The number of nitrogens with one attached hydrogen (secondary N) is 2. The van der Waals surface area contributed by atoms with E-state index in [2.05, 4.69) is 15.6 Å². The van der Waals surface area contributed by atoms with Crippen LogP contribution in [-0.2, 0) is 0 Å². The predicted octanol–water partition coefficient (Wildman–Crippen LogP) is 4.87. The summed E-state index contributed by atoms with van der Waals surface area (Å²) in [5.41, 5.74) is 1.24. The van der Waals surface area contributed by atoms with Crippen LogP contribution in [0.15, 0.2) is 18.5 Å². The van der Waals surface area contributed by atoms with E-state index in [0.29, 0.717) is 27.2 Å². The van der Waals surface area contributed by atoms with Gasteiger partial charge in [0.05, 0.1) is 21.4 Å². The van der Waals surface area contributed by atoms with Crippen LogP contribution < -0.4 is 10.6 Å². The third-order valence-electron chi connectivity index (χ3n) is 4.62. The van der Waals surface area contributed by atoms with Crippen molar-refractivity contribution in [1.29, 1.82) is 0 Å². The maximum atomic E-state index is 14.2. The predicted molar refractivity (Wildman–Crippen MR) is 107 cm³/mol. The van der Waals surface area contributed by atoms with Gasteiger partial charge in [0.25, 0.3) is 5.91 Å². The lowest BCUT2D eigenvalue weighted by Crippen LogP contribution is -2.26. The van der Waals surface area contributed by atoms with Crippen LogP contribution in [0.3, 0.4) is 0 Å². The molecule has 1 saturated heterocycles. The topological polar surface area (TPSA) is 58.4 Å². The summed E-state index contributed by atoms with van der Waals surface area (Å²) >= 11 is 14.1. The van der Waals surface area contributed by atoms with Gasteiger partial charge in [-0.25, -0.2) is 9.37 Å². The number of hydrogen-bond donors (Lipinski definition) is 2. The fourth-order valence-corrected chi connectivity index (χ4v) is 5.26. The lowest BCUT2D eigenvalue weighted by molar-refractivity contribution is 0.103. The normalized spacial score (nSPS) is 15.4. The summed E-state index contributed by atoms with van der Waals surface area (Å²) in [7, 11) is 0. The van der Waals surface area contributed by atoms with Crippen LogP contribution >= 0.6 is 34.5 Å². The Labute approximate surface area is 169 Å². The standard InChI is InChI=1S/C18H17Cl2FN4OS/c1-9-7-25-8-11(6-12(21)17(25)23-9)24-18(26)16-14(20)13(19)15(27-16)10-2-4-22-5-3-10/h6-8,10,22H,2-5H2,1H3,(H,24,26). The van der Waals surface area contributed by atoms with Crippen LogP contribution in [0.25, 0.3) is 5.65 Å². The summed E-state index contributed by atoms with van der Waals surface area (Å²) < 4.78 is 15.8. The second-order valence-electron chi connectivity index (χ2n) is 6.59. The Balaban J connectivity index is 1.61. The van der Waals surface area contributed by atoms with Crippen LogP contribution in [0.1, 0.15) is 39.0 Å². The first kappa shape index (κ1) is 18.7. The van der Waals surface area contributed by atoms with Crippen molar-refractivity contribution in [3.8, 4) is 0 Å². The molecule has 27 heavy (non-hydrogen) atoms. The molecule has 0 aliphatic carbocycles. The minimum absolute atomic E-state index is 0.218. The number of halogens is 3. The molecule has 0 bridgehead atoms. The molecule has 0 radical (unpaired) electrons. The van der Waals surface area contributed by atoms with E-state index in [4.69, 9.17) is 23.2 Å². The SMILES string of the molecule is Cc1cn2cc(NC(=O)c3sc(C4CCNCC4)c(Cl)c3Cl)cc(F)c2n1. The number of piperidine rings is 1. The van der Waals surface area contributed by atoms with Gasteiger partial charge < -0.3 is 15.0 Å². The van der Waals surface area contributed by atoms with Crippen LogP contribution in [0.4, 0.5) is 10.1 Å². The van der Waals surface area contributed by atoms with E-state index < -0.39 is 11.7 Å². The molecule has 3 aromatic heterocycles. The summed E-state index contributed by atoms with van der Waals surface area (Å²) in [6.45, 7) is 3.61. The third-order valence-corrected chi connectivity index (χ3v) is 7.06. The Hall–Kier alpha value is -1.67.